The molecule has 3 rings (SSSR count). The van der Waals surface area contributed by atoms with Crippen molar-refractivity contribution < 1.29 is 4.79 Å². The molecule has 0 saturated heterocycles. The van der Waals surface area contributed by atoms with Crippen molar-refractivity contribution in [2.45, 2.75) is 6.92 Å². The Labute approximate surface area is 120 Å². The number of nitrogens with zero attached hydrogens (tertiary/aromatic N) is 6. The number of hydrogen-bond acceptors (Lipinski definition) is 6. The topological polar surface area (TPSA) is 98.5 Å². The van der Waals surface area contributed by atoms with E-state index in [1.54, 1.807) is 17.0 Å². The number of anilines is 1. The molecule has 1 amide bonds. The molecule has 1 N–H and O–H groups in total. The van der Waals surface area contributed by atoms with Crippen LogP contribution in [0.15, 0.2) is 43.4 Å². The lowest BCUT2D eigenvalue weighted by atomic mass is 10.4. The number of amides is 1. The molecule has 0 saturated carbocycles. The van der Waals surface area contributed by atoms with Crippen LogP contribution in [0.4, 0.5) is 5.69 Å². The van der Waals surface area contributed by atoms with E-state index < -0.39 is 0 Å². The molecule has 0 aliphatic heterocycles. The first kappa shape index (κ1) is 12.9. The third-order valence-corrected chi connectivity index (χ3v) is 2.73. The highest BCUT2D eigenvalue weighted by Gasteiger charge is 2.09. The summed E-state index contributed by atoms with van der Waals surface area (Å²) in [7, 11) is 0. The lowest BCUT2D eigenvalue weighted by molar-refractivity contribution is 0.102. The zero-order chi connectivity index (χ0) is 14.7. The minimum atomic E-state index is -0.363. The van der Waals surface area contributed by atoms with Gasteiger partial charge in [-0.1, -0.05) is 0 Å². The van der Waals surface area contributed by atoms with Crippen LogP contribution in [0.5, 0.6) is 0 Å². The van der Waals surface area contributed by atoms with Crippen LogP contribution in [0.3, 0.4) is 0 Å². The lowest BCUT2D eigenvalue weighted by Crippen LogP contribution is -2.14. The molecule has 3 heterocycles. The van der Waals surface area contributed by atoms with Gasteiger partial charge in [-0.05, 0) is 6.92 Å². The van der Waals surface area contributed by atoms with E-state index in [4.69, 9.17) is 0 Å². The maximum Gasteiger partial charge on any atom is 0.275 e. The van der Waals surface area contributed by atoms with E-state index in [9.17, 15) is 4.79 Å². The predicted octanol–water partition coefficient (Wildman–Crippen LogP) is 1.01. The van der Waals surface area contributed by atoms with Crippen molar-refractivity contribution in [1.82, 2.24) is 29.5 Å². The van der Waals surface area contributed by atoms with Crippen LogP contribution in [-0.4, -0.2) is 35.4 Å². The molecule has 0 aromatic carbocycles. The highest BCUT2D eigenvalue weighted by Crippen LogP contribution is 2.09. The average molecular weight is 281 g/mol. The first-order valence-electron chi connectivity index (χ1n) is 6.14. The summed E-state index contributed by atoms with van der Waals surface area (Å²) in [6.07, 6.45) is 10.8. The minimum absolute atomic E-state index is 0.229. The van der Waals surface area contributed by atoms with Crippen LogP contribution in [0.1, 0.15) is 16.3 Å². The van der Waals surface area contributed by atoms with Gasteiger partial charge >= 0.3 is 0 Å². The number of rotatable bonds is 3. The third-order valence-electron chi connectivity index (χ3n) is 2.73. The quantitative estimate of drug-likeness (QED) is 0.769. The molecule has 0 spiro atoms. The highest BCUT2D eigenvalue weighted by atomic mass is 16.1. The van der Waals surface area contributed by atoms with Gasteiger partial charge in [0.05, 0.1) is 24.3 Å². The van der Waals surface area contributed by atoms with Gasteiger partial charge in [0.15, 0.2) is 0 Å². The first-order valence-corrected chi connectivity index (χ1v) is 6.14. The number of carbonyl (C=O) groups excluding carboxylic acids is 1. The minimum Gasteiger partial charge on any atom is -0.318 e. The van der Waals surface area contributed by atoms with E-state index >= 15 is 0 Å². The van der Waals surface area contributed by atoms with Crippen LogP contribution in [-0.2, 0) is 0 Å². The van der Waals surface area contributed by atoms with Gasteiger partial charge in [-0.25, -0.2) is 19.9 Å². The summed E-state index contributed by atoms with van der Waals surface area (Å²) in [4.78, 5) is 32.1. The molecule has 3 aromatic heterocycles. The Balaban J connectivity index is 1.76. The van der Waals surface area contributed by atoms with Gasteiger partial charge in [0.2, 0.25) is 5.95 Å². The van der Waals surface area contributed by atoms with E-state index in [-0.39, 0.29) is 11.6 Å². The Kier molecular flexibility index (Phi) is 3.34. The number of imidazole rings is 1. The standard InChI is InChI=1S/C13H11N7O/c1-9-15-4-5-20(9)13-17-6-10(7-18-13)19-12(21)11-8-14-2-3-16-11/h2-8H,1H3,(H,19,21). The van der Waals surface area contributed by atoms with E-state index in [2.05, 4.69) is 30.2 Å². The van der Waals surface area contributed by atoms with Crippen LogP contribution < -0.4 is 5.32 Å². The summed E-state index contributed by atoms with van der Waals surface area (Å²) in [5, 5.41) is 2.65. The highest BCUT2D eigenvalue weighted by molar-refractivity contribution is 6.02. The van der Waals surface area contributed by atoms with Crippen molar-refractivity contribution >= 4 is 11.6 Å². The number of nitrogens with one attached hydrogen (secondary N) is 1. The van der Waals surface area contributed by atoms with Crippen LogP contribution >= 0.6 is 0 Å². The number of aromatic nitrogens is 6. The number of aryl methyl sites for hydroxylation is 1. The van der Waals surface area contributed by atoms with E-state index in [1.807, 2.05) is 6.92 Å². The molecule has 3 aromatic rings. The fourth-order valence-electron chi connectivity index (χ4n) is 1.71. The second-order valence-corrected chi connectivity index (χ2v) is 4.16. The zero-order valence-corrected chi connectivity index (χ0v) is 11.1. The summed E-state index contributed by atoms with van der Waals surface area (Å²) < 4.78 is 1.74. The summed E-state index contributed by atoms with van der Waals surface area (Å²) in [5.74, 6) is 0.909. The Morgan fingerprint density at radius 3 is 2.48 bits per heavy atom. The lowest BCUT2D eigenvalue weighted by Gasteiger charge is -2.05. The maximum atomic E-state index is 11.9. The van der Waals surface area contributed by atoms with Crippen molar-refractivity contribution in [3.8, 4) is 5.95 Å². The molecular formula is C13H11N7O. The molecule has 0 atom stereocenters. The molecule has 104 valence electrons. The van der Waals surface area contributed by atoms with E-state index in [0.717, 1.165) is 5.82 Å². The second kappa shape index (κ2) is 5.45. The number of hydrogen-bond donors (Lipinski definition) is 1. The Bertz CT molecular complexity index is 752. The van der Waals surface area contributed by atoms with Crippen molar-refractivity contribution in [1.29, 1.82) is 0 Å². The summed E-state index contributed by atoms with van der Waals surface area (Å²) >= 11 is 0. The summed E-state index contributed by atoms with van der Waals surface area (Å²) in [6.45, 7) is 1.85. The van der Waals surface area contributed by atoms with Crippen molar-refractivity contribution in [3.05, 3.63) is 54.9 Å². The second-order valence-electron chi connectivity index (χ2n) is 4.16. The fourth-order valence-corrected chi connectivity index (χ4v) is 1.71. The fraction of sp³-hybridized carbons (Fsp3) is 0.0769. The van der Waals surface area contributed by atoms with E-state index in [0.29, 0.717) is 11.6 Å². The molecule has 0 aliphatic rings. The maximum absolute atomic E-state index is 11.9. The first-order chi connectivity index (χ1) is 10.2. The van der Waals surface area contributed by atoms with Gasteiger partial charge in [-0.3, -0.25) is 14.3 Å². The molecular weight excluding hydrogens is 270 g/mol. The van der Waals surface area contributed by atoms with Crippen LogP contribution in [0.2, 0.25) is 0 Å². The molecule has 21 heavy (non-hydrogen) atoms. The molecule has 0 bridgehead atoms. The average Bonchev–Trinajstić information content (AvgIpc) is 2.95. The van der Waals surface area contributed by atoms with Crippen LogP contribution in [0, 0.1) is 6.92 Å². The molecule has 0 aliphatic carbocycles. The summed E-state index contributed by atoms with van der Waals surface area (Å²) in [6, 6.07) is 0. The SMILES string of the molecule is Cc1nccn1-c1ncc(NC(=O)c2cnccn2)cn1. The molecule has 8 nitrogen and oxygen atoms in total. The molecule has 8 heteroatoms. The Morgan fingerprint density at radius 2 is 1.86 bits per heavy atom. The smallest absolute Gasteiger partial charge is 0.275 e. The van der Waals surface area contributed by atoms with Gasteiger partial charge in [0, 0.05) is 24.8 Å². The van der Waals surface area contributed by atoms with Crippen molar-refractivity contribution in [2.75, 3.05) is 5.32 Å². The largest absolute Gasteiger partial charge is 0.318 e. The van der Waals surface area contributed by atoms with Crippen molar-refractivity contribution in [3.63, 3.8) is 0 Å². The molecule has 0 fully saturated rings. The third kappa shape index (κ3) is 2.73. The monoisotopic (exact) mass is 281 g/mol. The molecule has 0 radical (unpaired) electrons. The van der Waals surface area contributed by atoms with E-state index in [1.165, 1.54) is 31.0 Å². The van der Waals surface area contributed by atoms with Gasteiger partial charge in [-0.2, -0.15) is 0 Å². The van der Waals surface area contributed by atoms with Crippen LogP contribution in [0.25, 0.3) is 5.95 Å². The summed E-state index contributed by atoms with van der Waals surface area (Å²) in [5.41, 5.74) is 0.708. The number of carbonyl (C=O) groups is 1. The van der Waals surface area contributed by atoms with Gasteiger partial charge in [0.25, 0.3) is 5.91 Å². The Morgan fingerprint density at radius 1 is 1.05 bits per heavy atom. The van der Waals surface area contributed by atoms with Gasteiger partial charge < -0.3 is 5.32 Å². The van der Waals surface area contributed by atoms with Gasteiger partial charge in [-0.15, -0.1) is 0 Å². The van der Waals surface area contributed by atoms with Crippen molar-refractivity contribution in [2.24, 2.45) is 0 Å². The molecule has 0 unspecified atom stereocenters. The Hall–Kier alpha value is -3.16. The normalized spacial score (nSPS) is 10.3. The van der Waals surface area contributed by atoms with Gasteiger partial charge in [0.1, 0.15) is 11.5 Å². The zero-order valence-electron chi connectivity index (χ0n) is 11.1. The predicted molar refractivity (Wildman–Crippen MR) is 73.9 cm³/mol.